The van der Waals surface area contributed by atoms with Gasteiger partial charge in [-0.3, -0.25) is 4.79 Å². The molecule has 2 rings (SSSR count). The molecule has 18 heavy (non-hydrogen) atoms. The Morgan fingerprint density at radius 2 is 2.17 bits per heavy atom. The number of carbonyl (C=O) groups excluding carboxylic acids is 1. The van der Waals surface area contributed by atoms with Crippen LogP contribution in [0.5, 0.6) is 0 Å². The van der Waals surface area contributed by atoms with Gasteiger partial charge < -0.3 is 4.90 Å². The standard InChI is InChI=1S/C13H16Cl2N2O/c1-3-9-5-4-8(2)17(9)13(18)12-10(14)6-7-11(15)16-12/h6-9H,3-5H2,1-2H3. The van der Waals surface area contributed by atoms with E-state index in [1.165, 1.54) is 0 Å². The van der Waals surface area contributed by atoms with Gasteiger partial charge in [-0.05, 0) is 38.3 Å². The van der Waals surface area contributed by atoms with Crippen molar-refractivity contribution in [3.05, 3.63) is 28.0 Å². The maximum absolute atomic E-state index is 12.5. The van der Waals surface area contributed by atoms with Gasteiger partial charge in [-0.2, -0.15) is 0 Å². The zero-order valence-corrected chi connectivity index (χ0v) is 12.0. The van der Waals surface area contributed by atoms with Crippen molar-refractivity contribution in [2.75, 3.05) is 0 Å². The Morgan fingerprint density at radius 3 is 2.83 bits per heavy atom. The Hall–Kier alpha value is -0.800. The molecule has 2 unspecified atom stereocenters. The molecule has 3 nitrogen and oxygen atoms in total. The SMILES string of the molecule is CCC1CCC(C)N1C(=O)c1nc(Cl)ccc1Cl. The third-order valence-corrected chi connectivity index (χ3v) is 4.02. The van der Waals surface area contributed by atoms with Crippen LogP contribution in [-0.2, 0) is 0 Å². The molecule has 1 saturated heterocycles. The molecule has 1 fully saturated rings. The van der Waals surface area contributed by atoms with E-state index in [-0.39, 0.29) is 23.7 Å². The Labute approximate surface area is 117 Å². The van der Waals surface area contributed by atoms with Crippen molar-refractivity contribution in [1.82, 2.24) is 9.88 Å². The topological polar surface area (TPSA) is 33.2 Å². The van der Waals surface area contributed by atoms with Gasteiger partial charge in [0, 0.05) is 12.1 Å². The van der Waals surface area contributed by atoms with Gasteiger partial charge in [0.25, 0.3) is 5.91 Å². The number of aromatic nitrogens is 1. The lowest BCUT2D eigenvalue weighted by atomic mass is 10.1. The quantitative estimate of drug-likeness (QED) is 0.775. The van der Waals surface area contributed by atoms with Gasteiger partial charge >= 0.3 is 0 Å². The van der Waals surface area contributed by atoms with Crippen LogP contribution < -0.4 is 0 Å². The molecule has 5 heteroatoms. The third kappa shape index (κ3) is 2.47. The number of hydrogen-bond acceptors (Lipinski definition) is 2. The Balaban J connectivity index is 2.32. The molecule has 0 radical (unpaired) electrons. The monoisotopic (exact) mass is 286 g/mol. The lowest BCUT2D eigenvalue weighted by molar-refractivity contribution is 0.0670. The predicted octanol–water partition coefficient (Wildman–Crippen LogP) is 3.79. The second-order valence-electron chi connectivity index (χ2n) is 4.67. The van der Waals surface area contributed by atoms with E-state index >= 15 is 0 Å². The summed E-state index contributed by atoms with van der Waals surface area (Å²) < 4.78 is 0. The minimum Gasteiger partial charge on any atom is -0.332 e. The number of rotatable bonds is 2. The Kier molecular flexibility index (Phi) is 4.13. The molecule has 0 aliphatic carbocycles. The van der Waals surface area contributed by atoms with E-state index in [0.29, 0.717) is 10.2 Å². The van der Waals surface area contributed by atoms with E-state index in [0.717, 1.165) is 19.3 Å². The van der Waals surface area contributed by atoms with Crippen LogP contribution in [0.2, 0.25) is 10.2 Å². The van der Waals surface area contributed by atoms with Crippen molar-refractivity contribution < 1.29 is 4.79 Å². The Morgan fingerprint density at radius 1 is 1.44 bits per heavy atom. The summed E-state index contributed by atoms with van der Waals surface area (Å²) in [6, 6.07) is 3.72. The summed E-state index contributed by atoms with van der Waals surface area (Å²) in [5.74, 6) is -0.112. The summed E-state index contributed by atoms with van der Waals surface area (Å²) in [4.78, 5) is 18.5. The maximum atomic E-state index is 12.5. The van der Waals surface area contributed by atoms with Crippen LogP contribution >= 0.6 is 23.2 Å². The molecule has 0 bridgehead atoms. The second-order valence-corrected chi connectivity index (χ2v) is 5.46. The molecule has 0 N–H and O–H groups in total. The summed E-state index contributed by atoms with van der Waals surface area (Å²) >= 11 is 11.9. The zero-order chi connectivity index (χ0) is 13.3. The van der Waals surface area contributed by atoms with Crippen LogP contribution in [0.15, 0.2) is 12.1 Å². The molecule has 2 heterocycles. The fourth-order valence-electron chi connectivity index (χ4n) is 2.53. The van der Waals surface area contributed by atoms with Crippen molar-refractivity contribution >= 4 is 29.1 Å². The van der Waals surface area contributed by atoms with Gasteiger partial charge in [0.15, 0.2) is 0 Å². The van der Waals surface area contributed by atoms with Crippen molar-refractivity contribution in [1.29, 1.82) is 0 Å². The molecule has 0 aromatic carbocycles. The van der Waals surface area contributed by atoms with Crippen LogP contribution in [0.3, 0.4) is 0 Å². The predicted molar refractivity (Wildman–Crippen MR) is 73.2 cm³/mol. The zero-order valence-electron chi connectivity index (χ0n) is 10.5. The average Bonchev–Trinajstić information content (AvgIpc) is 2.72. The summed E-state index contributed by atoms with van der Waals surface area (Å²) in [6.45, 7) is 4.15. The first kappa shape index (κ1) is 13.6. The van der Waals surface area contributed by atoms with Crippen LogP contribution in [0.4, 0.5) is 0 Å². The molecule has 0 spiro atoms. The molecule has 1 amide bonds. The van der Waals surface area contributed by atoms with Gasteiger partial charge in [-0.1, -0.05) is 30.1 Å². The van der Waals surface area contributed by atoms with E-state index < -0.39 is 0 Å². The molecule has 2 atom stereocenters. The van der Waals surface area contributed by atoms with Crippen LogP contribution in [0.25, 0.3) is 0 Å². The number of likely N-dealkylation sites (tertiary alicyclic amines) is 1. The van der Waals surface area contributed by atoms with Crippen molar-refractivity contribution in [3.8, 4) is 0 Å². The highest BCUT2D eigenvalue weighted by Gasteiger charge is 2.35. The van der Waals surface area contributed by atoms with Gasteiger partial charge in [0.1, 0.15) is 10.8 Å². The van der Waals surface area contributed by atoms with Crippen molar-refractivity contribution in [2.24, 2.45) is 0 Å². The summed E-state index contributed by atoms with van der Waals surface area (Å²) in [7, 11) is 0. The van der Waals surface area contributed by atoms with E-state index in [1.807, 2.05) is 4.90 Å². The minimum atomic E-state index is -0.112. The number of pyridine rings is 1. The molecule has 1 aliphatic rings. The van der Waals surface area contributed by atoms with Crippen LogP contribution in [0, 0.1) is 0 Å². The number of halogens is 2. The summed E-state index contributed by atoms with van der Waals surface area (Å²) in [6.07, 6.45) is 3.03. The van der Waals surface area contributed by atoms with E-state index in [9.17, 15) is 4.79 Å². The second kappa shape index (κ2) is 5.45. The molecular formula is C13H16Cl2N2O. The van der Waals surface area contributed by atoms with Gasteiger partial charge in [0.2, 0.25) is 0 Å². The van der Waals surface area contributed by atoms with E-state index in [4.69, 9.17) is 23.2 Å². The molecule has 0 saturated carbocycles. The summed E-state index contributed by atoms with van der Waals surface area (Å²) in [5.41, 5.74) is 0.261. The van der Waals surface area contributed by atoms with Gasteiger partial charge in [-0.15, -0.1) is 0 Å². The molecule has 1 aliphatic heterocycles. The molecule has 1 aromatic rings. The Bertz CT molecular complexity index is 464. The number of nitrogens with zero attached hydrogens (tertiary/aromatic N) is 2. The van der Waals surface area contributed by atoms with E-state index in [1.54, 1.807) is 12.1 Å². The van der Waals surface area contributed by atoms with Crippen molar-refractivity contribution in [3.63, 3.8) is 0 Å². The highest BCUT2D eigenvalue weighted by molar-refractivity contribution is 6.34. The van der Waals surface area contributed by atoms with Crippen molar-refractivity contribution in [2.45, 2.75) is 45.2 Å². The first-order valence-electron chi connectivity index (χ1n) is 6.19. The third-order valence-electron chi connectivity index (χ3n) is 3.51. The first-order chi connectivity index (χ1) is 8.54. The van der Waals surface area contributed by atoms with Crippen LogP contribution in [0.1, 0.15) is 43.6 Å². The number of amides is 1. The van der Waals surface area contributed by atoms with Gasteiger partial charge in [0.05, 0.1) is 5.02 Å². The maximum Gasteiger partial charge on any atom is 0.274 e. The first-order valence-corrected chi connectivity index (χ1v) is 6.95. The average molecular weight is 287 g/mol. The highest BCUT2D eigenvalue weighted by atomic mass is 35.5. The fraction of sp³-hybridized carbons (Fsp3) is 0.538. The van der Waals surface area contributed by atoms with E-state index in [2.05, 4.69) is 18.8 Å². The lowest BCUT2D eigenvalue weighted by Gasteiger charge is -2.27. The molecule has 98 valence electrons. The fourth-order valence-corrected chi connectivity index (χ4v) is 2.86. The minimum absolute atomic E-state index is 0.112. The van der Waals surface area contributed by atoms with Gasteiger partial charge in [-0.25, -0.2) is 4.98 Å². The molecule has 1 aromatic heterocycles. The highest BCUT2D eigenvalue weighted by Crippen LogP contribution is 2.29. The number of carbonyl (C=O) groups is 1. The van der Waals surface area contributed by atoms with Crippen LogP contribution in [-0.4, -0.2) is 27.9 Å². The summed E-state index contributed by atoms with van der Waals surface area (Å²) in [5, 5.41) is 0.654. The number of hydrogen-bond donors (Lipinski definition) is 0. The lowest BCUT2D eigenvalue weighted by Crippen LogP contribution is -2.40. The molecular weight excluding hydrogens is 271 g/mol. The normalized spacial score (nSPS) is 23.4. The smallest absolute Gasteiger partial charge is 0.274 e. The largest absolute Gasteiger partial charge is 0.332 e.